The van der Waals surface area contributed by atoms with Gasteiger partial charge < -0.3 is 0 Å². The summed E-state index contributed by atoms with van der Waals surface area (Å²) in [4.78, 5) is 0. The van der Waals surface area contributed by atoms with Gasteiger partial charge in [-0.2, -0.15) is 5.26 Å². The van der Waals surface area contributed by atoms with Gasteiger partial charge in [0.15, 0.2) is 0 Å². The van der Waals surface area contributed by atoms with Crippen LogP contribution in [0.4, 0.5) is 0 Å². The molecule has 0 saturated heterocycles. The summed E-state index contributed by atoms with van der Waals surface area (Å²) in [6.07, 6.45) is 0. The van der Waals surface area contributed by atoms with Gasteiger partial charge >= 0.3 is 0 Å². The second-order valence-electron chi connectivity index (χ2n) is 3.68. The van der Waals surface area contributed by atoms with E-state index in [0.717, 1.165) is 16.7 Å². The maximum absolute atomic E-state index is 9.36. The van der Waals surface area contributed by atoms with Crippen LogP contribution in [0.2, 0.25) is 0 Å². The molecule has 1 nitrogen and oxygen atoms in total. The minimum absolute atomic E-state index is 0.509. The quantitative estimate of drug-likeness (QED) is 0.678. The Morgan fingerprint density at radius 3 is 2.20 bits per heavy atom. The molecule has 0 atom stereocenters. The first-order chi connectivity index (χ1) is 7.39. The predicted octanol–water partition coefficient (Wildman–Crippen LogP) is 2.66. The van der Waals surface area contributed by atoms with Gasteiger partial charge in [-0.1, -0.05) is 48.5 Å². The molecule has 1 aliphatic rings. The third kappa shape index (κ3) is 0.911. The van der Waals surface area contributed by atoms with Crippen molar-refractivity contribution < 1.29 is 0 Å². The highest BCUT2D eigenvalue weighted by atomic mass is 14.5. The predicted molar refractivity (Wildman–Crippen MR) is 57.2 cm³/mol. The van der Waals surface area contributed by atoms with Gasteiger partial charge in [0.1, 0.15) is 5.41 Å². The molecule has 2 aromatic carbocycles. The van der Waals surface area contributed by atoms with Crippen LogP contribution in [0, 0.1) is 17.4 Å². The van der Waals surface area contributed by atoms with Gasteiger partial charge in [-0.25, -0.2) is 0 Å². The van der Waals surface area contributed by atoms with Gasteiger partial charge in [0.05, 0.1) is 6.07 Å². The largest absolute Gasteiger partial charge is 0.197 e. The van der Waals surface area contributed by atoms with Crippen molar-refractivity contribution in [3.63, 3.8) is 0 Å². The van der Waals surface area contributed by atoms with Crippen LogP contribution < -0.4 is 0 Å². The van der Waals surface area contributed by atoms with Gasteiger partial charge in [-0.15, -0.1) is 0 Å². The van der Waals surface area contributed by atoms with Crippen LogP contribution in [-0.4, -0.2) is 0 Å². The molecular weight excluding hydrogens is 182 g/mol. The third-order valence-electron chi connectivity index (χ3n) is 2.95. The molecule has 0 amide bonds. The minimum Gasteiger partial charge on any atom is -0.197 e. The summed E-state index contributed by atoms with van der Waals surface area (Å²) in [6, 6.07) is 21.2. The Kier molecular flexibility index (Phi) is 1.49. The highest BCUT2D eigenvalue weighted by Gasteiger charge is 2.52. The molecule has 0 fully saturated rings. The van der Waals surface area contributed by atoms with Crippen molar-refractivity contribution in [1.29, 1.82) is 5.26 Å². The van der Waals surface area contributed by atoms with Crippen molar-refractivity contribution in [3.8, 4) is 6.07 Å². The first-order valence-electron chi connectivity index (χ1n) is 4.88. The molecule has 15 heavy (non-hydrogen) atoms. The first-order valence-corrected chi connectivity index (χ1v) is 4.88. The van der Waals surface area contributed by atoms with E-state index in [-0.39, 0.29) is 0 Å². The number of fused-ring (bicyclic) bond motifs is 1. The fraction of sp³-hybridized carbons (Fsp3) is 0.0714. The SMILES string of the molecule is N#CC1(c2[c]cccc2)c2ccccc21. The number of nitriles is 1. The Balaban J connectivity index is 2.19. The third-order valence-corrected chi connectivity index (χ3v) is 2.95. The van der Waals surface area contributed by atoms with Crippen molar-refractivity contribution >= 4 is 0 Å². The average Bonchev–Trinajstić information content (AvgIpc) is 3.00. The van der Waals surface area contributed by atoms with Crippen LogP contribution in [-0.2, 0) is 5.41 Å². The minimum atomic E-state index is -0.509. The molecular formula is C14H8N. The smallest absolute Gasteiger partial charge is 0.133 e. The van der Waals surface area contributed by atoms with Crippen LogP contribution >= 0.6 is 0 Å². The molecule has 0 heterocycles. The van der Waals surface area contributed by atoms with E-state index < -0.39 is 5.41 Å². The number of nitrogens with zero attached hydrogens (tertiary/aromatic N) is 1. The summed E-state index contributed by atoms with van der Waals surface area (Å²) in [5.41, 5.74) is 2.68. The molecule has 0 aromatic heterocycles. The molecule has 1 heteroatoms. The molecule has 3 rings (SSSR count). The van der Waals surface area contributed by atoms with E-state index in [1.54, 1.807) is 0 Å². The van der Waals surface area contributed by atoms with Crippen molar-refractivity contribution in [2.75, 3.05) is 0 Å². The van der Waals surface area contributed by atoms with E-state index in [0.29, 0.717) is 0 Å². The Hall–Kier alpha value is -2.07. The number of rotatable bonds is 1. The van der Waals surface area contributed by atoms with Crippen LogP contribution in [0.25, 0.3) is 0 Å². The van der Waals surface area contributed by atoms with Crippen molar-refractivity contribution in [3.05, 3.63) is 71.3 Å². The van der Waals surface area contributed by atoms with E-state index in [1.807, 2.05) is 48.5 Å². The lowest BCUT2D eigenvalue weighted by Gasteiger charge is -2.05. The van der Waals surface area contributed by atoms with E-state index in [1.165, 1.54) is 0 Å². The lowest BCUT2D eigenvalue weighted by Crippen LogP contribution is -2.06. The second kappa shape index (κ2) is 2.71. The number of benzene rings is 2. The first kappa shape index (κ1) is 8.26. The highest BCUT2D eigenvalue weighted by Crippen LogP contribution is 2.53. The van der Waals surface area contributed by atoms with Gasteiger partial charge in [0.2, 0.25) is 0 Å². The molecule has 0 bridgehead atoms. The highest BCUT2D eigenvalue weighted by molar-refractivity contribution is 5.72. The second-order valence-corrected chi connectivity index (χ2v) is 3.68. The van der Waals surface area contributed by atoms with Crippen molar-refractivity contribution in [2.24, 2.45) is 0 Å². The maximum atomic E-state index is 9.36. The summed E-state index contributed by atoms with van der Waals surface area (Å²) >= 11 is 0. The maximum Gasteiger partial charge on any atom is 0.133 e. The fourth-order valence-corrected chi connectivity index (χ4v) is 2.15. The molecule has 0 aliphatic heterocycles. The van der Waals surface area contributed by atoms with Crippen LogP contribution in [0.3, 0.4) is 0 Å². The standard InChI is InChI=1S/C14H8N/c15-10-14(11-6-2-1-3-7-11)12-8-4-5-9-13(12)14/h1-6,8-9H. The van der Waals surface area contributed by atoms with E-state index >= 15 is 0 Å². The number of hydrogen-bond acceptors (Lipinski definition) is 1. The Morgan fingerprint density at radius 2 is 1.67 bits per heavy atom. The summed E-state index contributed by atoms with van der Waals surface area (Å²) in [7, 11) is 0. The molecule has 1 aliphatic carbocycles. The number of hydrogen-bond donors (Lipinski definition) is 0. The molecule has 0 spiro atoms. The summed E-state index contributed by atoms with van der Waals surface area (Å²) in [5.74, 6) is 0. The molecule has 2 aromatic rings. The zero-order valence-electron chi connectivity index (χ0n) is 8.07. The lowest BCUT2D eigenvalue weighted by molar-refractivity contribution is 0.975. The Labute approximate surface area is 88.6 Å². The lowest BCUT2D eigenvalue weighted by atomic mass is 9.93. The fourth-order valence-electron chi connectivity index (χ4n) is 2.15. The molecule has 0 unspecified atom stereocenters. The molecule has 0 N–H and O–H groups in total. The molecule has 0 saturated carbocycles. The summed E-state index contributed by atoms with van der Waals surface area (Å²) < 4.78 is 0. The normalized spacial score (nSPS) is 15.1. The zero-order chi connectivity index (χ0) is 10.3. The molecule has 69 valence electrons. The van der Waals surface area contributed by atoms with E-state index in [4.69, 9.17) is 0 Å². The Bertz CT molecular complexity index is 526. The average molecular weight is 190 g/mol. The zero-order valence-corrected chi connectivity index (χ0v) is 8.07. The summed E-state index contributed by atoms with van der Waals surface area (Å²) in [5, 5.41) is 9.36. The van der Waals surface area contributed by atoms with Gasteiger partial charge in [-0.05, 0) is 22.8 Å². The van der Waals surface area contributed by atoms with Crippen LogP contribution in [0.5, 0.6) is 0 Å². The monoisotopic (exact) mass is 190 g/mol. The van der Waals surface area contributed by atoms with Gasteiger partial charge in [0, 0.05) is 0 Å². The van der Waals surface area contributed by atoms with Crippen molar-refractivity contribution in [1.82, 2.24) is 0 Å². The molecule has 1 radical (unpaired) electrons. The van der Waals surface area contributed by atoms with Gasteiger partial charge in [-0.3, -0.25) is 0 Å². The van der Waals surface area contributed by atoms with E-state index in [2.05, 4.69) is 12.1 Å². The Morgan fingerprint density at radius 1 is 1.00 bits per heavy atom. The van der Waals surface area contributed by atoms with Crippen LogP contribution in [0.15, 0.2) is 48.5 Å². The van der Waals surface area contributed by atoms with Gasteiger partial charge in [0.25, 0.3) is 0 Å². The van der Waals surface area contributed by atoms with E-state index in [9.17, 15) is 5.26 Å². The van der Waals surface area contributed by atoms with Crippen molar-refractivity contribution in [2.45, 2.75) is 5.41 Å². The topological polar surface area (TPSA) is 23.8 Å². The summed E-state index contributed by atoms with van der Waals surface area (Å²) in [6.45, 7) is 0. The van der Waals surface area contributed by atoms with Crippen LogP contribution in [0.1, 0.15) is 16.7 Å².